The van der Waals surface area contributed by atoms with Crippen molar-refractivity contribution in [2.45, 2.75) is 4.90 Å². The number of hydrogen-bond acceptors (Lipinski definition) is 7. The van der Waals surface area contributed by atoms with Crippen LogP contribution in [0.1, 0.15) is 41.4 Å². The smallest absolute Gasteiger partial charge is 0.265 e. The maximum atomic E-state index is 14.1. The van der Waals surface area contributed by atoms with Crippen molar-refractivity contribution >= 4 is 93.0 Å². The van der Waals surface area contributed by atoms with Gasteiger partial charge in [0.15, 0.2) is 9.84 Å². The van der Waals surface area contributed by atoms with Crippen molar-refractivity contribution in [3.8, 4) is 0 Å². The number of imide groups is 2. The van der Waals surface area contributed by atoms with E-state index < -0.39 is 28.3 Å². The van der Waals surface area contributed by atoms with Gasteiger partial charge in [0.05, 0.1) is 22.9 Å². The molecule has 2 heterocycles. The average molecular weight is 639 g/mol. The van der Waals surface area contributed by atoms with E-state index in [4.69, 9.17) is 5.11 Å². The number of anilines is 1. The van der Waals surface area contributed by atoms with E-state index in [-0.39, 0.29) is 22.5 Å². The van der Waals surface area contributed by atoms with Gasteiger partial charge < -0.3 is 5.11 Å². The molecule has 4 amide bonds. The van der Waals surface area contributed by atoms with Crippen LogP contribution < -0.4 is 4.90 Å². The Hall–Kier alpha value is -5.71. The topological polar surface area (TPSA) is 129 Å². The average Bonchev–Trinajstić information content (AvgIpc) is 3.07. The summed E-state index contributed by atoms with van der Waals surface area (Å²) in [5, 5.41) is 16.4. The van der Waals surface area contributed by atoms with Crippen LogP contribution in [0.3, 0.4) is 0 Å². The third-order valence-electron chi connectivity index (χ3n) is 9.61. The van der Waals surface area contributed by atoms with Gasteiger partial charge in [0.2, 0.25) is 0 Å². The standard InChI is InChI=1S/C37H22N2O7S/c1-38-34(41)26-10-6-22-24-8-12-28-33-29(13-9-25(31(24)33)23-7-11-27(35(38)42)32(26)30(22)23)37(44)39(36(28)43)20-4-2-19-17-21(5-3-18(19)16-20)47(45,46)15-14-40/h2-13,16-17,40H,14-15H2,1H3. The molecule has 2 aliphatic heterocycles. The quantitative estimate of drug-likeness (QED) is 0.149. The highest BCUT2D eigenvalue weighted by molar-refractivity contribution is 7.91. The molecule has 7 aromatic carbocycles. The van der Waals surface area contributed by atoms with Crippen LogP contribution in [-0.4, -0.2) is 61.5 Å². The molecule has 9 rings (SSSR count). The zero-order valence-electron chi connectivity index (χ0n) is 24.7. The number of carbonyl (C=O) groups is 4. The molecule has 0 fully saturated rings. The first-order valence-electron chi connectivity index (χ1n) is 14.9. The number of amides is 4. The third-order valence-corrected chi connectivity index (χ3v) is 11.3. The van der Waals surface area contributed by atoms with Crippen LogP contribution in [0.2, 0.25) is 0 Å². The van der Waals surface area contributed by atoms with Crippen molar-refractivity contribution in [1.82, 2.24) is 4.90 Å². The van der Waals surface area contributed by atoms with Gasteiger partial charge in [0.1, 0.15) is 0 Å². The van der Waals surface area contributed by atoms with Crippen LogP contribution >= 0.6 is 0 Å². The minimum atomic E-state index is -3.65. The molecule has 0 bridgehead atoms. The summed E-state index contributed by atoms with van der Waals surface area (Å²) in [6.07, 6.45) is 0. The molecule has 9 nitrogen and oxygen atoms in total. The summed E-state index contributed by atoms with van der Waals surface area (Å²) >= 11 is 0. The second kappa shape index (κ2) is 9.18. The number of sulfone groups is 1. The van der Waals surface area contributed by atoms with E-state index in [0.717, 1.165) is 42.1 Å². The van der Waals surface area contributed by atoms with E-state index in [0.29, 0.717) is 49.5 Å². The highest BCUT2D eigenvalue weighted by Gasteiger charge is 2.37. The molecule has 10 heteroatoms. The van der Waals surface area contributed by atoms with E-state index in [1.54, 1.807) is 48.5 Å². The van der Waals surface area contributed by atoms with Gasteiger partial charge in [-0.05, 0) is 91.6 Å². The number of carbonyl (C=O) groups excluding carboxylic acids is 4. The van der Waals surface area contributed by atoms with Crippen LogP contribution in [0.5, 0.6) is 0 Å². The van der Waals surface area contributed by atoms with Gasteiger partial charge in [-0.1, -0.05) is 36.4 Å². The van der Waals surface area contributed by atoms with Crippen molar-refractivity contribution in [2.24, 2.45) is 0 Å². The molecule has 1 N–H and O–H groups in total. The molecule has 0 spiro atoms. The summed E-state index contributed by atoms with van der Waals surface area (Å²) < 4.78 is 25.0. The van der Waals surface area contributed by atoms with E-state index in [1.807, 2.05) is 24.3 Å². The number of aliphatic hydroxyl groups excluding tert-OH is 1. The summed E-state index contributed by atoms with van der Waals surface area (Å²) in [6, 6.07) is 23.9. The van der Waals surface area contributed by atoms with Crippen molar-refractivity contribution in [2.75, 3.05) is 24.3 Å². The number of hydrogen-bond donors (Lipinski definition) is 1. The Bertz CT molecular complexity index is 2650. The Balaban J connectivity index is 1.23. The normalized spacial score (nSPS) is 15.0. The van der Waals surface area contributed by atoms with Gasteiger partial charge in [-0.3, -0.25) is 24.1 Å². The summed E-state index contributed by atoms with van der Waals surface area (Å²) in [5.41, 5.74) is 1.99. The first-order chi connectivity index (χ1) is 22.6. The Kier molecular flexibility index (Phi) is 5.39. The fourth-order valence-electron chi connectivity index (χ4n) is 7.40. The SMILES string of the molecule is CN1C(=O)c2ccc3c4ccc5c6c(ccc(c7ccc(c2c37)C1=O)c64)C(=O)N(c1ccc2cc(S(=O)(=O)CCO)ccc2c1)C5=O. The molecule has 7 aromatic rings. The lowest BCUT2D eigenvalue weighted by Gasteiger charge is -2.29. The second-order valence-corrected chi connectivity index (χ2v) is 14.1. The fraction of sp³-hybridized carbons (Fsp3) is 0.0811. The van der Waals surface area contributed by atoms with E-state index in [9.17, 15) is 27.6 Å². The zero-order chi connectivity index (χ0) is 32.5. The van der Waals surface area contributed by atoms with Crippen molar-refractivity contribution in [3.63, 3.8) is 0 Å². The first-order valence-corrected chi connectivity index (χ1v) is 16.5. The second-order valence-electron chi connectivity index (χ2n) is 12.0. The largest absolute Gasteiger partial charge is 0.395 e. The number of aliphatic hydroxyl groups is 1. The Morgan fingerprint density at radius 3 is 1.49 bits per heavy atom. The van der Waals surface area contributed by atoms with E-state index in [1.165, 1.54) is 19.2 Å². The summed E-state index contributed by atoms with van der Waals surface area (Å²) in [5.74, 6) is -2.08. The molecule has 47 heavy (non-hydrogen) atoms. The molecule has 0 saturated heterocycles. The maximum absolute atomic E-state index is 14.1. The molecule has 0 saturated carbocycles. The van der Waals surface area contributed by atoms with Crippen LogP contribution in [-0.2, 0) is 9.84 Å². The number of nitrogens with zero attached hydrogens (tertiary/aromatic N) is 2. The third kappa shape index (κ3) is 3.48. The first kappa shape index (κ1) is 27.6. The lowest BCUT2D eigenvalue weighted by atomic mass is 9.82. The maximum Gasteiger partial charge on any atom is 0.265 e. The Morgan fingerprint density at radius 2 is 1.00 bits per heavy atom. The predicted molar refractivity (Wildman–Crippen MR) is 178 cm³/mol. The zero-order valence-corrected chi connectivity index (χ0v) is 25.5. The fourth-order valence-corrected chi connectivity index (χ4v) is 8.46. The number of rotatable bonds is 4. The summed E-state index contributed by atoms with van der Waals surface area (Å²) in [4.78, 5) is 56.8. The minimum Gasteiger partial charge on any atom is -0.395 e. The van der Waals surface area contributed by atoms with Gasteiger partial charge in [-0.25, -0.2) is 13.3 Å². The molecule has 0 aliphatic carbocycles. The Labute approximate surface area is 266 Å². The van der Waals surface area contributed by atoms with E-state index >= 15 is 0 Å². The lowest BCUT2D eigenvalue weighted by molar-refractivity contribution is 0.0649. The molecule has 0 atom stereocenters. The predicted octanol–water partition coefficient (Wildman–Crippen LogP) is 5.68. The van der Waals surface area contributed by atoms with Crippen LogP contribution in [0.15, 0.2) is 89.8 Å². The van der Waals surface area contributed by atoms with Gasteiger partial charge in [0, 0.05) is 40.1 Å². The molecule has 0 unspecified atom stereocenters. The molecule has 2 aliphatic rings. The van der Waals surface area contributed by atoms with Crippen molar-refractivity contribution in [3.05, 3.63) is 107 Å². The van der Waals surface area contributed by atoms with Gasteiger partial charge in [0.25, 0.3) is 23.6 Å². The number of benzene rings is 7. The summed E-state index contributed by atoms with van der Waals surface area (Å²) in [6.45, 7) is -0.487. The highest BCUT2D eigenvalue weighted by Crippen LogP contribution is 2.46. The molecule has 0 aromatic heterocycles. The lowest BCUT2D eigenvalue weighted by Crippen LogP contribution is -2.40. The van der Waals surface area contributed by atoms with Crippen molar-refractivity contribution in [1.29, 1.82) is 0 Å². The van der Waals surface area contributed by atoms with Gasteiger partial charge in [-0.2, -0.15) is 0 Å². The molecule has 228 valence electrons. The molecular formula is C37H22N2O7S. The minimum absolute atomic E-state index is 0.0815. The molecule has 0 radical (unpaired) electrons. The Morgan fingerprint density at radius 1 is 0.553 bits per heavy atom. The van der Waals surface area contributed by atoms with Gasteiger partial charge in [-0.15, -0.1) is 0 Å². The van der Waals surface area contributed by atoms with Crippen LogP contribution in [0.4, 0.5) is 5.69 Å². The van der Waals surface area contributed by atoms with Crippen LogP contribution in [0, 0.1) is 0 Å². The van der Waals surface area contributed by atoms with Crippen molar-refractivity contribution < 1.29 is 32.7 Å². The van der Waals surface area contributed by atoms with E-state index in [2.05, 4.69) is 0 Å². The number of fused-ring (bicyclic) bond motifs is 3. The van der Waals surface area contributed by atoms with Crippen LogP contribution in [0.25, 0.3) is 53.9 Å². The monoisotopic (exact) mass is 638 g/mol. The van der Waals surface area contributed by atoms with Gasteiger partial charge >= 0.3 is 0 Å². The summed E-state index contributed by atoms with van der Waals surface area (Å²) in [7, 11) is -2.18. The molecular weight excluding hydrogens is 616 g/mol. The highest BCUT2D eigenvalue weighted by atomic mass is 32.2.